The minimum atomic E-state index is -0.288. The van der Waals surface area contributed by atoms with Crippen LogP contribution in [0.3, 0.4) is 0 Å². The highest BCUT2D eigenvalue weighted by Crippen LogP contribution is 2.23. The third-order valence-corrected chi connectivity index (χ3v) is 3.66. The Morgan fingerprint density at radius 3 is 2.80 bits per heavy atom. The standard InChI is InChI=1S/C14H19FN4O/c15-11-2-3-13-12(10-11)17-14(20-13)19-8-6-18(7-9-19)5-1-4-16/h2-3,10H,1,4-9,16H2. The second-order valence-corrected chi connectivity index (χ2v) is 5.08. The van der Waals surface area contributed by atoms with Gasteiger partial charge in [0.05, 0.1) is 0 Å². The van der Waals surface area contributed by atoms with Crippen LogP contribution in [0.2, 0.25) is 0 Å². The number of hydrogen-bond acceptors (Lipinski definition) is 5. The molecule has 0 spiro atoms. The fourth-order valence-electron chi connectivity index (χ4n) is 2.50. The summed E-state index contributed by atoms with van der Waals surface area (Å²) in [5, 5.41) is 0. The molecule has 6 heteroatoms. The molecule has 1 aliphatic heterocycles. The van der Waals surface area contributed by atoms with Crippen molar-refractivity contribution in [1.29, 1.82) is 0 Å². The number of fused-ring (bicyclic) bond motifs is 1. The largest absolute Gasteiger partial charge is 0.423 e. The maximum Gasteiger partial charge on any atom is 0.298 e. The molecule has 0 bridgehead atoms. The Labute approximate surface area is 117 Å². The molecule has 0 atom stereocenters. The van der Waals surface area contributed by atoms with E-state index < -0.39 is 0 Å². The predicted molar refractivity (Wildman–Crippen MR) is 76.3 cm³/mol. The van der Waals surface area contributed by atoms with E-state index in [0.29, 0.717) is 17.1 Å². The maximum absolute atomic E-state index is 13.1. The second-order valence-electron chi connectivity index (χ2n) is 5.08. The van der Waals surface area contributed by atoms with Crippen LogP contribution >= 0.6 is 0 Å². The summed E-state index contributed by atoms with van der Waals surface area (Å²) in [5.74, 6) is -0.288. The van der Waals surface area contributed by atoms with E-state index in [-0.39, 0.29) is 5.82 Å². The molecule has 2 aromatic rings. The molecule has 1 fully saturated rings. The number of piperazine rings is 1. The number of hydrogen-bond donors (Lipinski definition) is 1. The van der Waals surface area contributed by atoms with Gasteiger partial charge in [0.1, 0.15) is 11.3 Å². The number of halogens is 1. The summed E-state index contributed by atoms with van der Waals surface area (Å²) < 4.78 is 18.8. The van der Waals surface area contributed by atoms with E-state index in [0.717, 1.165) is 45.7 Å². The van der Waals surface area contributed by atoms with Gasteiger partial charge in [0.2, 0.25) is 0 Å². The van der Waals surface area contributed by atoms with Crippen LogP contribution in [0.1, 0.15) is 6.42 Å². The molecule has 0 amide bonds. The van der Waals surface area contributed by atoms with Crippen LogP contribution in [0.5, 0.6) is 0 Å². The fourth-order valence-corrected chi connectivity index (χ4v) is 2.50. The third kappa shape index (κ3) is 2.76. The first-order valence-electron chi connectivity index (χ1n) is 7.00. The molecular formula is C14H19FN4O. The highest BCUT2D eigenvalue weighted by molar-refractivity contribution is 5.74. The minimum absolute atomic E-state index is 0.288. The number of oxazole rings is 1. The lowest BCUT2D eigenvalue weighted by molar-refractivity contribution is 0.252. The van der Waals surface area contributed by atoms with E-state index in [1.807, 2.05) is 0 Å². The Bertz CT molecular complexity index is 578. The van der Waals surface area contributed by atoms with Crippen molar-refractivity contribution in [3.8, 4) is 0 Å². The van der Waals surface area contributed by atoms with E-state index in [9.17, 15) is 4.39 Å². The lowest BCUT2D eigenvalue weighted by Crippen LogP contribution is -2.47. The van der Waals surface area contributed by atoms with E-state index in [2.05, 4.69) is 14.8 Å². The highest BCUT2D eigenvalue weighted by Gasteiger charge is 2.20. The van der Waals surface area contributed by atoms with E-state index >= 15 is 0 Å². The number of nitrogens with two attached hydrogens (primary N) is 1. The molecule has 2 N–H and O–H groups in total. The summed E-state index contributed by atoms with van der Waals surface area (Å²) in [6, 6.07) is 5.00. The number of rotatable bonds is 4. The van der Waals surface area contributed by atoms with Crippen LogP contribution in [0.4, 0.5) is 10.4 Å². The Kier molecular flexibility index (Phi) is 3.84. The second kappa shape index (κ2) is 5.76. The summed E-state index contributed by atoms with van der Waals surface area (Å²) in [6.07, 6.45) is 1.03. The van der Waals surface area contributed by atoms with Gasteiger partial charge in [-0.25, -0.2) is 4.39 Å². The molecule has 0 radical (unpaired) electrons. The van der Waals surface area contributed by atoms with E-state index in [4.69, 9.17) is 10.2 Å². The maximum atomic E-state index is 13.1. The molecule has 0 saturated carbocycles. The quantitative estimate of drug-likeness (QED) is 0.917. The van der Waals surface area contributed by atoms with E-state index in [1.165, 1.54) is 12.1 Å². The molecule has 1 aromatic heterocycles. The molecular weight excluding hydrogens is 259 g/mol. The lowest BCUT2D eigenvalue weighted by atomic mass is 10.3. The topological polar surface area (TPSA) is 58.5 Å². The van der Waals surface area contributed by atoms with Crippen molar-refractivity contribution < 1.29 is 8.81 Å². The number of aromatic nitrogens is 1. The highest BCUT2D eigenvalue weighted by atomic mass is 19.1. The van der Waals surface area contributed by atoms with Crippen molar-refractivity contribution in [2.24, 2.45) is 5.73 Å². The molecule has 108 valence electrons. The van der Waals surface area contributed by atoms with Crippen molar-refractivity contribution >= 4 is 17.1 Å². The molecule has 0 aliphatic carbocycles. The summed E-state index contributed by atoms with van der Waals surface area (Å²) >= 11 is 0. The normalized spacial score (nSPS) is 17.0. The number of benzene rings is 1. The average Bonchev–Trinajstić information content (AvgIpc) is 2.88. The summed E-state index contributed by atoms with van der Waals surface area (Å²) in [5.41, 5.74) is 6.73. The molecule has 2 heterocycles. The summed E-state index contributed by atoms with van der Waals surface area (Å²) in [4.78, 5) is 8.87. The molecule has 1 aromatic carbocycles. The zero-order valence-electron chi connectivity index (χ0n) is 11.4. The van der Waals surface area contributed by atoms with Gasteiger partial charge >= 0.3 is 0 Å². The van der Waals surface area contributed by atoms with Gasteiger partial charge < -0.3 is 15.1 Å². The Morgan fingerprint density at radius 1 is 1.25 bits per heavy atom. The predicted octanol–water partition coefficient (Wildman–Crippen LogP) is 1.44. The average molecular weight is 278 g/mol. The third-order valence-electron chi connectivity index (χ3n) is 3.66. The van der Waals surface area contributed by atoms with Crippen LogP contribution in [0, 0.1) is 5.82 Å². The number of anilines is 1. The van der Waals surface area contributed by atoms with Crippen molar-refractivity contribution in [2.75, 3.05) is 44.2 Å². The Hall–Kier alpha value is -1.66. The van der Waals surface area contributed by atoms with Gasteiger partial charge in [0.15, 0.2) is 5.58 Å². The van der Waals surface area contributed by atoms with Crippen LogP contribution < -0.4 is 10.6 Å². The van der Waals surface area contributed by atoms with Gasteiger partial charge in [-0.2, -0.15) is 4.98 Å². The van der Waals surface area contributed by atoms with Gasteiger partial charge in [0.25, 0.3) is 6.01 Å². The lowest BCUT2D eigenvalue weighted by Gasteiger charge is -2.33. The van der Waals surface area contributed by atoms with Gasteiger partial charge in [-0.3, -0.25) is 4.90 Å². The van der Waals surface area contributed by atoms with Crippen LogP contribution in [0.25, 0.3) is 11.1 Å². The Morgan fingerprint density at radius 2 is 2.05 bits per heavy atom. The molecule has 5 nitrogen and oxygen atoms in total. The van der Waals surface area contributed by atoms with Crippen LogP contribution in [0.15, 0.2) is 22.6 Å². The fraction of sp³-hybridized carbons (Fsp3) is 0.500. The minimum Gasteiger partial charge on any atom is -0.423 e. The van der Waals surface area contributed by atoms with Crippen molar-refractivity contribution in [1.82, 2.24) is 9.88 Å². The van der Waals surface area contributed by atoms with Gasteiger partial charge in [-0.15, -0.1) is 0 Å². The van der Waals surface area contributed by atoms with E-state index in [1.54, 1.807) is 6.07 Å². The zero-order valence-corrected chi connectivity index (χ0v) is 11.4. The summed E-state index contributed by atoms with van der Waals surface area (Å²) in [6.45, 7) is 5.49. The monoisotopic (exact) mass is 278 g/mol. The van der Waals surface area contributed by atoms with Gasteiger partial charge in [0, 0.05) is 32.2 Å². The first kappa shape index (κ1) is 13.3. The first-order valence-corrected chi connectivity index (χ1v) is 7.00. The van der Waals surface area contributed by atoms with Crippen molar-refractivity contribution in [3.05, 3.63) is 24.0 Å². The van der Waals surface area contributed by atoms with Crippen molar-refractivity contribution in [2.45, 2.75) is 6.42 Å². The zero-order chi connectivity index (χ0) is 13.9. The SMILES string of the molecule is NCCCN1CCN(c2nc3cc(F)ccc3o2)CC1. The van der Waals surface area contributed by atoms with Crippen LogP contribution in [-0.4, -0.2) is 49.2 Å². The first-order chi connectivity index (χ1) is 9.76. The van der Waals surface area contributed by atoms with Gasteiger partial charge in [-0.05, 0) is 31.6 Å². The van der Waals surface area contributed by atoms with Gasteiger partial charge in [-0.1, -0.05) is 0 Å². The molecule has 3 rings (SSSR count). The Balaban J connectivity index is 1.67. The number of nitrogens with zero attached hydrogens (tertiary/aromatic N) is 3. The summed E-state index contributed by atoms with van der Waals surface area (Å²) in [7, 11) is 0. The molecule has 1 aliphatic rings. The van der Waals surface area contributed by atoms with Crippen molar-refractivity contribution in [3.63, 3.8) is 0 Å². The molecule has 0 unspecified atom stereocenters. The van der Waals surface area contributed by atoms with Crippen LogP contribution in [-0.2, 0) is 0 Å². The molecule has 1 saturated heterocycles. The molecule has 20 heavy (non-hydrogen) atoms. The smallest absolute Gasteiger partial charge is 0.298 e.